The van der Waals surface area contributed by atoms with Crippen molar-refractivity contribution >= 4 is 11.3 Å². The van der Waals surface area contributed by atoms with E-state index >= 15 is 0 Å². The van der Waals surface area contributed by atoms with Crippen LogP contribution in [0.4, 0.5) is 0 Å². The number of aryl methyl sites for hydroxylation is 1. The lowest BCUT2D eigenvalue weighted by Crippen LogP contribution is -2.16. The van der Waals surface area contributed by atoms with Gasteiger partial charge >= 0.3 is 0 Å². The molecule has 0 fully saturated rings. The Bertz CT molecular complexity index is 243. The Morgan fingerprint density at radius 2 is 2.31 bits per heavy atom. The Labute approximate surface area is 84.4 Å². The third kappa shape index (κ3) is 4.39. The molecule has 0 unspecified atom stereocenters. The summed E-state index contributed by atoms with van der Waals surface area (Å²) in [5.74, 6) is 0.783. The predicted octanol–water partition coefficient (Wildman–Crippen LogP) is 2.59. The second-order valence-electron chi connectivity index (χ2n) is 3.74. The summed E-state index contributed by atoms with van der Waals surface area (Å²) in [5.41, 5.74) is 1.13. The smallest absolute Gasteiger partial charge is 0.107 e. The van der Waals surface area contributed by atoms with E-state index in [1.54, 1.807) is 11.3 Å². The van der Waals surface area contributed by atoms with Crippen LogP contribution in [0.3, 0.4) is 0 Å². The van der Waals surface area contributed by atoms with Gasteiger partial charge in [-0.05, 0) is 25.8 Å². The van der Waals surface area contributed by atoms with Crippen LogP contribution in [-0.2, 0) is 6.54 Å². The van der Waals surface area contributed by atoms with Crippen molar-refractivity contribution in [2.24, 2.45) is 5.92 Å². The fourth-order valence-corrected chi connectivity index (χ4v) is 1.81. The summed E-state index contributed by atoms with van der Waals surface area (Å²) in [4.78, 5) is 4.38. The molecule has 1 heterocycles. The zero-order valence-electron chi connectivity index (χ0n) is 8.63. The fraction of sp³-hybridized carbons (Fsp3) is 0.700. The lowest BCUT2D eigenvalue weighted by atomic mass is 10.1. The molecule has 0 spiro atoms. The van der Waals surface area contributed by atoms with Crippen LogP contribution < -0.4 is 5.32 Å². The van der Waals surface area contributed by atoms with Gasteiger partial charge in [-0.2, -0.15) is 0 Å². The van der Waals surface area contributed by atoms with Crippen LogP contribution in [0.2, 0.25) is 0 Å². The topological polar surface area (TPSA) is 24.9 Å². The summed E-state index contributed by atoms with van der Waals surface area (Å²) in [6, 6.07) is 0. The number of nitrogens with one attached hydrogen (secondary N) is 1. The van der Waals surface area contributed by atoms with E-state index in [1.165, 1.54) is 11.4 Å². The highest BCUT2D eigenvalue weighted by Gasteiger charge is 1.98. The van der Waals surface area contributed by atoms with Crippen LogP contribution in [0, 0.1) is 12.8 Å². The normalized spacial score (nSPS) is 11.1. The van der Waals surface area contributed by atoms with Crippen molar-refractivity contribution in [3.05, 3.63) is 16.1 Å². The highest BCUT2D eigenvalue weighted by molar-refractivity contribution is 7.09. The molecule has 1 aromatic rings. The Balaban J connectivity index is 2.13. The van der Waals surface area contributed by atoms with Gasteiger partial charge in [0.1, 0.15) is 5.01 Å². The minimum Gasteiger partial charge on any atom is -0.310 e. The summed E-state index contributed by atoms with van der Waals surface area (Å²) >= 11 is 1.73. The van der Waals surface area contributed by atoms with Crippen LogP contribution in [0.1, 0.15) is 31.0 Å². The Morgan fingerprint density at radius 1 is 1.54 bits per heavy atom. The number of hydrogen-bond donors (Lipinski definition) is 1. The molecule has 2 nitrogen and oxygen atoms in total. The van der Waals surface area contributed by atoms with Crippen molar-refractivity contribution in [2.75, 3.05) is 6.54 Å². The van der Waals surface area contributed by atoms with E-state index in [-0.39, 0.29) is 0 Å². The predicted molar refractivity (Wildman–Crippen MR) is 58.0 cm³/mol. The zero-order valence-corrected chi connectivity index (χ0v) is 9.45. The first-order valence-electron chi connectivity index (χ1n) is 4.80. The fourth-order valence-electron chi connectivity index (χ4n) is 1.07. The molecule has 0 aromatic carbocycles. The van der Waals surface area contributed by atoms with E-state index in [2.05, 4.69) is 29.5 Å². The van der Waals surface area contributed by atoms with E-state index in [0.717, 1.165) is 24.7 Å². The highest BCUT2D eigenvalue weighted by Crippen LogP contribution is 2.07. The number of thiazole rings is 1. The molecular weight excluding hydrogens is 180 g/mol. The summed E-state index contributed by atoms with van der Waals surface area (Å²) in [7, 11) is 0. The largest absolute Gasteiger partial charge is 0.310 e. The molecule has 1 rings (SSSR count). The van der Waals surface area contributed by atoms with E-state index in [1.807, 2.05) is 6.92 Å². The van der Waals surface area contributed by atoms with Gasteiger partial charge in [0.25, 0.3) is 0 Å². The van der Waals surface area contributed by atoms with Crippen molar-refractivity contribution in [1.29, 1.82) is 0 Å². The van der Waals surface area contributed by atoms with E-state index < -0.39 is 0 Å². The molecule has 74 valence electrons. The van der Waals surface area contributed by atoms with Crippen molar-refractivity contribution in [1.82, 2.24) is 10.3 Å². The van der Waals surface area contributed by atoms with Crippen molar-refractivity contribution < 1.29 is 0 Å². The first-order chi connectivity index (χ1) is 6.18. The van der Waals surface area contributed by atoms with Crippen LogP contribution in [-0.4, -0.2) is 11.5 Å². The molecule has 0 bridgehead atoms. The molecule has 0 aliphatic carbocycles. The minimum atomic E-state index is 0.783. The van der Waals surface area contributed by atoms with Gasteiger partial charge in [0.15, 0.2) is 0 Å². The number of hydrogen-bond acceptors (Lipinski definition) is 3. The maximum absolute atomic E-state index is 4.38. The Hall–Kier alpha value is -0.410. The average Bonchev–Trinajstić information content (AvgIpc) is 2.45. The van der Waals surface area contributed by atoms with E-state index in [4.69, 9.17) is 0 Å². The average molecular weight is 198 g/mol. The minimum absolute atomic E-state index is 0.783. The van der Waals surface area contributed by atoms with Crippen molar-refractivity contribution in [3.63, 3.8) is 0 Å². The maximum Gasteiger partial charge on any atom is 0.107 e. The van der Waals surface area contributed by atoms with Gasteiger partial charge < -0.3 is 5.32 Å². The molecule has 0 aliphatic rings. The second-order valence-corrected chi connectivity index (χ2v) is 4.68. The first-order valence-corrected chi connectivity index (χ1v) is 5.68. The molecule has 0 saturated carbocycles. The van der Waals surface area contributed by atoms with Gasteiger partial charge in [0.2, 0.25) is 0 Å². The van der Waals surface area contributed by atoms with Crippen LogP contribution >= 0.6 is 11.3 Å². The van der Waals surface area contributed by atoms with E-state index in [9.17, 15) is 0 Å². The summed E-state index contributed by atoms with van der Waals surface area (Å²) in [5, 5.41) is 6.69. The molecular formula is C10H18N2S. The number of nitrogens with zero attached hydrogens (tertiary/aromatic N) is 1. The third-order valence-corrected chi connectivity index (χ3v) is 2.81. The van der Waals surface area contributed by atoms with Gasteiger partial charge in [-0.15, -0.1) is 11.3 Å². The van der Waals surface area contributed by atoms with Crippen molar-refractivity contribution in [3.8, 4) is 0 Å². The maximum atomic E-state index is 4.38. The highest BCUT2D eigenvalue weighted by atomic mass is 32.1. The van der Waals surface area contributed by atoms with E-state index in [0.29, 0.717) is 0 Å². The monoisotopic (exact) mass is 198 g/mol. The summed E-state index contributed by atoms with van der Waals surface area (Å²) < 4.78 is 0. The van der Waals surface area contributed by atoms with Crippen LogP contribution in [0.5, 0.6) is 0 Å². The van der Waals surface area contributed by atoms with Gasteiger partial charge in [0.05, 0.1) is 0 Å². The Kier molecular flexibility index (Phi) is 4.39. The standard InChI is InChI=1S/C10H18N2S/c1-8(2)4-5-11-6-10-12-9(3)7-13-10/h7-8,11H,4-6H2,1-3H3. The number of rotatable bonds is 5. The lowest BCUT2D eigenvalue weighted by molar-refractivity contribution is 0.537. The second kappa shape index (κ2) is 5.35. The molecule has 0 atom stereocenters. The summed E-state index contributed by atoms with van der Waals surface area (Å²) in [6.45, 7) is 8.54. The molecule has 0 saturated heterocycles. The number of aromatic nitrogens is 1. The quantitative estimate of drug-likeness (QED) is 0.736. The zero-order chi connectivity index (χ0) is 9.68. The first kappa shape index (κ1) is 10.7. The summed E-state index contributed by atoms with van der Waals surface area (Å²) in [6.07, 6.45) is 1.24. The van der Waals surface area contributed by atoms with Crippen LogP contribution in [0.15, 0.2) is 5.38 Å². The van der Waals surface area contributed by atoms with Crippen molar-refractivity contribution in [2.45, 2.75) is 33.7 Å². The molecule has 13 heavy (non-hydrogen) atoms. The Morgan fingerprint density at radius 3 is 2.85 bits per heavy atom. The SMILES string of the molecule is Cc1csc(CNCCC(C)C)n1. The molecule has 3 heteroatoms. The van der Waals surface area contributed by atoms with Gasteiger partial charge in [-0.3, -0.25) is 0 Å². The molecule has 0 radical (unpaired) electrons. The molecule has 1 N–H and O–H groups in total. The molecule has 0 aliphatic heterocycles. The van der Waals surface area contributed by atoms with Crippen LogP contribution in [0.25, 0.3) is 0 Å². The van der Waals surface area contributed by atoms with Gasteiger partial charge in [0, 0.05) is 17.6 Å². The molecule has 1 aromatic heterocycles. The molecule has 0 amide bonds. The lowest BCUT2D eigenvalue weighted by Gasteiger charge is -2.04. The van der Waals surface area contributed by atoms with Gasteiger partial charge in [-0.25, -0.2) is 4.98 Å². The van der Waals surface area contributed by atoms with Gasteiger partial charge in [-0.1, -0.05) is 13.8 Å². The third-order valence-electron chi connectivity index (χ3n) is 1.84.